The molecule has 0 aliphatic carbocycles. The van der Waals surface area contributed by atoms with Gasteiger partial charge in [-0.2, -0.15) is 0 Å². The maximum atomic E-state index is 12.9. The predicted molar refractivity (Wildman–Crippen MR) is 118 cm³/mol. The molecule has 158 valence electrons. The van der Waals surface area contributed by atoms with Crippen LogP contribution in [0.25, 0.3) is 0 Å². The Bertz CT molecular complexity index is 778. The summed E-state index contributed by atoms with van der Waals surface area (Å²) in [4.78, 5) is 26.9. The summed E-state index contributed by atoms with van der Waals surface area (Å²) in [6.45, 7) is 6.10. The van der Waals surface area contributed by atoms with Crippen molar-refractivity contribution in [1.29, 1.82) is 0 Å². The van der Waals surface area contributed by atoms with Crippen LogP contribution in [-0.4, -0.2) is 30.8 Å². The number of hydrogen-bond donors (Lipinski definition) is 2. The first kappa shape index (κ1) is 22.8. The number of nitrogens with one attached hydrogen (secondary N) is 2. The molecule has 0 aliphatic rings. The van der Waals surface area contributed by atoms with Crippen molar-refractivity contribution >= 4 is 34.8 Å². The van der Waals surface area contributed by atoms with Gasteiger partial charge in [-0.15, -0.1) is 11.6 Å². The van der Waals surface area contributed by atoms with Crippen LogP contribution in [0.15, 0.2) is 41.0 Å². The summed E-state index contributed by atoms with van der Waals surface area (Å²) in [5.41, 5.74) is 1.93. The van der Waals surface area contributed by atoms with Gasteiger partial charge in [-0.1, -0.05) is 20.3 Å². The minimum absolute atomic E-state index is 0.156. The monoisotopic (exact) mass is 419 g/mol. The Kier molecular flexibility index (Phi) is 9.57. The number of unbranched alkanes of at least 4 members (excludes halogenated alkanes) is 1. The zero-order chi connectivity index (χ0) is 21.1. The van der Waals surface area contributed by atoms with Gasteiger partial charge in [0.1, 0.15) is 5.76 Å². The molecule has 6 nitrogen and oxygen atoms in total. The second-order valence-corrected chi connectivity index (χ2v) is 7.21. The summed E-state index contributed by atoms with van der Waals surface area (Å²) in [5, 5.41) is 5.75. The summed E-state index contributed by atoms with van der Waals surface area (Å²) in [7, 11) is 0. The van der Waals surface area contributed by atoms with E-state index in [4.69, 9.17) is 16.0 Å². The van der Waals surface area contributed by atoms with Gasteiger partial charge in [0, 0.05) is 31.1 Å². The second kappa shape index (κ2) is 12.2. The van der Waals surface area contributed by atoms with Gasteiger partial charge in [0.15, 0.2) is 0 Å². The van der Waals surface area contributed by atoms with Gasteiger partial charge < -0.3 is 20.0 Å². The first-order valence-corrected chi connectivity index (χ1v) is 10.7. The van der Waals surface area contributed by atoms with E-state index in [-0.39, 0.29) is 24.1 Å². The summed E-state index contributed by atoms with van der Waals surface area (Å²) in [6.07, 6.45) is 4.75. The van der Waals surface area contributed by atoms with E-state index in [1.54, 1.807) is 12.3 Å². The van der Waals surface area contributed by atoms with Gasteiger partial charge in [0.25, 0.3) is 5.91 Å². The van der Waals surface area contributed by atoms with E-state index in [1.165, 1.54) is 0 Å². The number of amides is 2. The topological polar surface area (TPSA) is 74.6 Å². The maximum absolute atomic E-state index is 12.9. The lowest BCUT2D eigenvalue weighted by molar-refractivity contribution is -0.115. The third-order valence-electron chi connectivity index (χ3n) is 4.43. The lowest BCUT2D eigenvalue weighted by Gasteiger charge is -2.26. The van der Waals surface area contributed by atoms with Crippen LogP contribution in [0.4, 0.5) is 11.4 Å². The number of anilines is 2. The van der Waals surface area contributed by atoms with Crippen LogP contribution in [0.1, 0.15) is 55.6 Å². The molecule has 1 heterocycles. The quantitative estimate of drug-likeness (QED) is 0.485. The number of halogens is 1. The van der Waals surface area contributed by atoms with Gasteiger partial charge in [-0.25, -0.2) is 0 Å². The average molecular weight is 420 g/mol. The molecule has 0 radical (unpaired) electrons. The number of furan rings is 1. The minimum atomic E-state index is -0.175. The molecule has 0 fully saturated rings. The minimum Gasteiger partial charge on any atom is -0.467 e. The number of benzene rings is 1. The van der Waals surface area contributed by atoms with E-state index in [0.29, 0.717) is 24.3 Å². The van der Waals surface area contributed by atoms with E-state index in [1.807, 2.05) is 31.2 Å². The van der Waals surface area contributed by atoms with Crippen molar-refractivity contribution in [3.05, 3.63) is 47.9 Å². The average Bonchev–Trinajstić information content (AvgIpc) is 3.22. The van der Waals surface area contributed by atoms with Crippen molar-refractivity contribution in [2.45, 2.75) is 46.1 Å². The van der Waals surface area contributed by atoms with Crippen molar-refractivity contribution in [3.63, 3.8) is 0 Å². The maximum Gasteiger partial charge on any atom is 0.253 e. The smallest absolute Gasteiger partial charge is 0.253 e. The number of alkyl halides is 1. The Morgan fingerprint density at radius 2 is 2.00 bits per heavy atom. The lowest BCUT2D eigenvalue weighted by Crippen LogP contribution is -2.30. The van der Waals surface area contributed by atoms with E-state index >= 15 is 0 Å². The van der Waals surface area contributed by atoms with Crippen LogP contribution in [0.2, 0.25) is 0 Å². The highest BCUT2D eigenvalue weighted by atomic mass is 35.5. The highest BCUT2D eigenvalue weighted by molar-refractivity contribution is 6.19. The molecule has 0 unspecified atom stereocenters. The molecule has 7 heteroatoms. The number of carbonyl (C=O) groups is 2. The summed E-state index contributed by atoms with van der Waals surface area (Å²) in [6, 6.07) is 9.22. The number of nitrogens with zero attached hydrogens (tertiary/aromatic N) is 1. The molecular formula is C22H30ClN3O3. The largest absolute Gasteiger partial charge is 0.467 e. The molecule has 1 aromatic heterocycles. The van der Waals surface area contributed by atoms with E-state index in [2.05, 4.69) is 22.5 Å². The second-order valence-electron chi connectivity index (χ2n) is 6.83. The molecule has 0 atom stereocenters. The number of rotatable bonds is 12. The van der Waals surface area contributed by atoms with Crippen molar-refractivity contribution < 1.29 is 14.0 Å². The Hall–Kier alpha value is -2.47. The van der Waals surface area contributed by atoms with Crippen molar-refractivity contribution in [3.8, 4) is 0 Å². The molecule has 2 N–H and O–H groups in total. The van der Waals surface area contributed by atoms with Crippen LogP contribution >= 0.6 is 11.6 Å². The Balaban J connectivity index is 2.36. The number of carbonyl (C=O) groups excluding carboxylic acids is 2. The summed E-state index contributed by atoms with van der Waals surface area (Å²) < 4.78 is 5.52. The van der Waals surface area contributed by atoms with Crippen LogP contribution in [0, 0.1) is 0 Å². The van der Waals surface area contributed by atoms with Gasteiger partial charge in [-0.05, 0) is 43.2 Å². The van der Waals surface area contributed by atoms with Gasteiger partial charge >= 0.3 is 0 Å². The summed E-state index contributed by atoms with van der Waals surface area (Å²) >= 11 is 5.64. The molecule has 0 saturated heterocycles. The van der Waals surface area contributed by atoms with E-state index < -0.39 is 0 Å². The van der Waals surface area contributed by atoms with Crippen LogP contribution < -0.4 is 15.5 Å². The van der Waals surface area contributed by atoms with Crippen LogP contribution in [-0.2, 0) is 11.3 Å². The molecule has 0 spiro atoms. The van der Waals surface area contributed by atoms with Crippen LogP contribution in [0.3, 0.4) is 0 Å². The fourth-order valence-corrected chi connectivity index (χ4v) is 3.11. The highest BCUT2D eigenvalue weighted by Crippen LogP contribution is 2.27. The molecule has 29 heavy (non-hydrogen) atoms. The molecular weight excluding hydrogens is 390 g/mol. The Morgan fingerprint density at radius 1 is 1.17 bits per heavy atom. The van der Waals surface area contributed by atoms with Crippen LogP contribution in [0.5, 0.6) is 0 Å². The zero-order valence-electron chi connectivity index (χ0n) is 17.2. The molecule has 2 rings (SSSR count). The zero-order valence-corrected chi connectivity index (χ0v) is 17.9. The van der Waals surface area contributed by atoms with Gasteiger partial charge in [0.05, 0.1) is 24.1 Å². The number of hydrogen-bond acceptors (Lipinski definition) is 4. The molecule has 0 bridgehead atoms. The SMILES string of the molecule is CCCCN(Cc1ccco1)c1ccc(NC(=O)CCCl)cc1C(=O)NCCC. The molecule has 2 amide bonds. The predicted octanol–water partition coefficient (Wildman–Crippen LogP) is 4.79. The van der Waals surface area contributed by atoms with E-state index in [0.717, 1.165) is 37.3 Å². The lowest BCUT2D eigenvalue weighted by atomic mass is 10.1. The van der Waals surface area contributed by atoms with Crippen molar-refractivity contribution in [1.82, 2.24) is 5.32 Å². The third-order valence-corrected chi connectivity index (χ3v) is 4.62. The normalized spacial score (nSPS) is 10.6. The molecule has 1 aromatic carbocycles. The Labute approximate surface area is 177 Å². The fraction of sp³-hybridized carbons (Fsp3) is 0.455. The molecule has 2 aromatic rings. The van der Waals surface area contributed by atoms with Crippen molar-refractivity contribution in [2.75, 3.05) is 29.2 Å². The molecule has 0 saturated carbocycles. The van der Waals surface area contributed by atoms with E-state index in [9.17, 15) is 9.59 Å². The highest BCUT2D eigenvalue weighted by Gasteiger charge is 2.19. The van der Waals surface area contributed by atoms with Gasteiger partial charge in [-0.3, -0.25) is 9.59 Å². The standard InChI is InChI=1S/C22H30ClN3O3/c1-3-5-13-26(16-18-7-6-14-29-18)20-9-8-17(25-21(27)10-11-23)15-19(20)22(28)24-12-4-2/h6-9,14-15H,3-5,10-13,16H2,1-2H3,(H,24,28)(H,25,27). The fourth-order valence-electron chi connectivity index (χ4n) is 2.94. The first-order valence-electron chi connectivity index (χ1n) is 10.1. The van der Waals surface area contributed by atoms with Crippen molar-refractivity contribution in [2.24, 2.45) is 0 Å². The Morgan fingerprint density at radius 3 is 2.66 bits per heavy atom. The van der Waals surface area contributed by atoms with Gasteiger partial charge in [0.2, 0.25) is 5.91 Å². The summed E-state index contributed by atoms with van der Waals surface area (Å²) in [5.74, 6) is 0.754. The molecule has 0 aliphatic heterocycles. The first-order chi connectivity index (χ1) is 14.1. The third kappa shape index (κ3) is 7.13.